The van der Waals surface area contributed by atoms with E-state index in [1.807, 2.05) is 0 Å². The predicted molar refractivity (Wildman–Crippen MR) is 80.6 cm³/mol. The monoisotopic (exact) mass is 374 g/mol. The van der Waals surface area contributed by atoms with Crippen LogP contribution in [0.15, 0.2) is 38.2 Å². The van der Waals surface area contributed by atoms with Crippen LogP contribution in [0.2, 0.25) is 0 Å². The Bertz CT molecular complexity index is 742. The second-order valence-electron chi connectivity index (χ2n) is 4.49. The van der Waals surface area contributed by atoms with Crippen LogP contribution in [0.3, 0.4) is 0 Å². The molecule has 0 saturated heterocycles. The van der Waals surface area contributed by atoms with Crippen LogP contribution in [0.5, 0.6) is 5.75 Å². The van der Waals surface area contributed by atoms with Crippen LogP contribution in [0.1, 0.15) is 11.5 Å². The van der Waals surface area contributed by atoms with Gasteiger partial charge in [0.15, 0.2) is 0 Å². The minimum Gasteiger partial charge on any atom is -0.496 e. The number of rotatable bonds is 5. The van der Waals surface area contributed by atoms with E-state index >= 15 is 0 Å². The minimum absolute atomic E-state index is 0.142. The van der Waals surface area contributed by atoms with Crippen LogP contribution in [-0.2, 0) is 16.6 Å². The van der Waals surface area contributed by atoms with Crippen molar-refractivity contribution in [3.63, 3.8) is 0 Å². The minimum atomic E-state index is -3.61. The molecule has 0 bridgehead atoms. The van der Waals surface area contributed by atoms with E-state index < -0.39 is 10.0 Å². The first kappa shape index (κ1) is 16.0. The average Bonchev–Trinajstić information content (AvgIpc) is 2.83. The third-order valence-corrected chi connectivity index (χ3v) is 5.31. The standard InChI is InChI=1S/C13H15BrN2O4S/c1-9-6-10(15-20-9)8-16(2)21(17,18)11-4-5-13(19-3)12(14)7-11/h4-7H,8H2,1-3H3. The lowest BCUT2D eigenvalue weighted by Gasteiger charge is -2.16. The lowest BCUT2D eigenvalue weighted by Crippen LogP contribution is -2.26. The first-order valence-corrected chi connectivity index (χ1v) is 8.30. The van der Waals surface area contributed by atoms with E-state index in [4.69, 9.17) is 9.26 Å². The van der Waals surface area contributed by atoms with E-state index in [1.165, 1.54) is 30.6 Å². The Morgan fingerprint density at radius 3 is 2.62 bits per heavy atom. The summed E-state index contributed by atoms with van der Waals surface area (Å²) in [6.07, 6.45) is 0. The lowest BCUT2D eigenvalue weighted by molar-refractivity contribution is 0.378. The van der Waals surface area contributed by atoms with Crippen LogP contribution in [0.25, 0.3) is 0 Å². The smallest absolute Gasteiger partial charge is 0.243 e. The van der Waals surface area contributed by atoms with Crippen molar-refractivity contribution in [3.05, 3.63) is 40.2 Å². The van der Waals surface area contributed by atoms with Gasteiger partial charge in [0, 0.05) is 13.1 Å². The maximum absolute atomic E-state index is 12.5. The zero-order valence-corrected chi connectivity index (χ0v) is 14.2. The van der Waals surface area contributed by atoms with Gasteiger partial charge in [0.05, 0.1) is 28.7 Å². The number of ether oxygens (including phenoxy) is 1. The zero-order chi connectivity index (χ0) is 15.6. The van der Waals surface area contributed by atoms with Crippen molar-refractivity contribution in [1.29, 1.82) is 0 Å². The third kappa shape index (κ3) is 3.45. The molecule has 2 rings (SSSR count). The molecule has 1 aromatic carbocycles. The van der Waals surface area contributed by atoms with Gasteiger partial charge in [-0.05, 0) is 41.1 Å². The van der Waals surface area contributed by atoms with Gasteiger partial charge in [0.1, 0.15) is 11.5 Å². The SMILES string of the molecule is COc1ccc(S(=O)(=O)N(C)Cc2cc(C)on2)cc1Br. The largest absolute Gasteiger partial charge is 0.496 e. The fraction of sp³-hybridized carbons (Fsp3) is 0.308. The highest BCUT2D eigenvalue weighted by molar-refractivity contribution is 9.10. The summed E-state index contributed by atoms with van der Waals surface area (Å²) in [5, 5.41) is 3.80. The van der Waals surface area contributed by atoms with Crippen LogP contribution < -0.4 is 4.74 Å². The van der Waals surface area contributed by atoms with Gasteiger partial charge in [-0.15, -0.1) is 0 Å². The molecule has 0 unspecified atom stereocenters. The molecule has 0 radical (unpaired) electrons. The molecule has 2 aromatic rings. The molecule has 0 aliphatic heterocycles. The van der Waals surface area contributed by atoms with Gasteiger partial charge in [-0.25, -0.2) is 8.42 Å². The fourth-order valence-electron chi connectivity index (χ4n) is 1.79. The van der Waals surface area contributed by atoms with Crippen LogP contribution in [0, 0.1) is 6.92 Å². The molecule has 1 heterocycles. The summed E-state index contributed by atoms with van der Waals surface area (Å²) in [5.74, 6) is 1.21. The molecule has 114 valence electrons. The first-order chi connectivity index (χ1) is 9.84. The van der Waals surface area contributed by atoms with Crippen molar-refractivity contribution in [3.8, 4) is 5.75 Å². The number of hydrogen-bond acceptors (Lipinski definition) is 5. The van der Waals surface area contributed by atoms with Gasteiger partial charge >= 0.3 is 0 Å². The van der Waals surface area contributed by atoms with E-state index in [1.54, 1.807) is 19.1 Å². The zero-order valence-electron chi connectivity index (χ0n) is 11.8. The molecule has 6 nitrogen and oxygen atoms in total. The fourth-order valence-corrected chi connectivity index (χ4v) is 3.65. The van der Waals surface area contributed by atoms with E-state index in [2.05, 4.69) is 21.1 Å². The lowest BCUT2D eigenvalue weighted by atomic mass is 10.3. The normalized spacial score (nSPS) is 11.9. The second-order valence-corrected chi connectivity index (χ2v) is 7.39. The summed E-state index contributed by atoms with van der Waals surface area (Å²) in [6, 6.07) is 6.32. The van der Waals surface area contributed by atoms with Crippen molar-refractivity contribution in [2.75, 3.05) is 14.2 Å². The maximum Gasteiger partial charge on any atom is 0.243 e. The van der Waals surface area contributed by atoms with Crippen molar-refractivity contribution >= 4 is 26.0 Å². The Morgan fingerprint density at radius 2 is 2.10 bits per heavy atom. The van der Waals surface area contributed by atoms with Crippen molar-refractivity contribution in [2.45, 2.75) is 18.4 Å². The van der Waals surface area contributed by atoms with Crippen molar-refractivity contribution in [1.82, 2.24) is 9.46 Å². The van der Waals surface area contributed by atoms with Gasteiger partial charge in [0.25, 0.3) is 0 Å². The molecular formula is C13H15BrN2O4S. The number of aryl methyl sites for hydroxylation is 1. The van der Waals surface area contributed by atoms with Gasteiger partial charge in [-0.1, -0.05) is 5.16 Å². The number of aromatic nitrogens is 1. The molecule has 0 amide bonds. The summed E-state index contributed by atoms with van der Waals surface area (Å²) < 4.78 is 36.8. The molecular weight excluding hydrogens is 360 g/mol. The number of benzene rings is 1. The molecule has 0 spiro atoms. The molecule has 0 atom stereocenters. The quantitative estimate of drug-likeness (QED) is 0.803. The summed E-state index contributed by atoms with van der Waals surface area (Å²) in [4.78, 5) is 0.179. The molecule has 0 N–H and O–H groups in total. The number of nitrogens with zero attached hydrogens (tertiary/aromatic N) is 2. The highest BCUT2D eigenvalue weighted by Gasteiger charge is 2.23. The summed E-state index contributed by atoms with van der Waals surface area (Å²) in [5.41, 5.74) is 0.561. The number of methoxy groups -OCH3 is 1. The van der Waals surface area contributed by atoms with Crippen molar-refractivity contribution < 1.29 is 17.7 Å². The molecule has 1 aromatic heterocycles. The highest BCUT2D eigenvalue weighted by Crippen LogP contribution is 2.28. The van der Waals surface area contributed by atoms with Crippen LogP contribution >= 0.6 is 15.9 Å². The Kier molecular flexibility index (Phi) is 4.70. The topological polar surface area (TPSA) is 72.6 Å². The van der Waals surface area contributed by atoms with Crippen LogP contribution in [-0.4, -0.2) is 32.0 Å². The third-order valence-electron chi connectivity index (χ3n) is 2.89. The van der Waals surface area contributed by atoms with Gasteiger partial charge in [-0.2, -0.15) is 4.31 Å². The molecule has 0 aliphatic carbocycles. The predicted octanol–water partition coefficient (Wildman–Crippen LogP) is 2.57. The van der Waals surface area contributed by atoms with E-state index in [0.29, 0.717) is 21.7 Å². The Labute approximate surface area is 131 Å². The van der Waals surface area contributed by atoms with Crippen molar-refractivity contribution in [2.24, 2.45) is 0 Å². The Hall–Kier alpha value is -1.38. The van der Waals surface area contributed by atoms with E-state index in [-0.39, 0.29) is 11.4 Å². The summed E-state index contributed by atoms with van der Waals surface area (Å²) >= 11 is 3.28. The summed E-state index contributed by atoms with van der Waals surface area (Å²) in [7, 11) is -0.591. The van der Waals surface area contributed by atoms with Gasteiger partial charge in [-0.3, -0.25) is 0 Å². The number of sulfonamides is 1. The molecule has 0 aliphatic rings. The molecule has 21 heavy (non-hydrogen) atoms. The highest BCUT2D eigenvalue weighted by atomic mass is 79.9. The van der Waals surface area contributed by atoms with Gasteiger partial charge < -0.3 is 9.26 Å². The van der Waals surface area contributed by atoms with E-state index in [0.717, 1.165) is 0 Å². The first-order valence-electron chi connectivity index (χ1n) is 6.06. The average molecular weight is 375 g/mol. The molecule has 0 fully saturated rings. The number of hydrogen-bond donors (Lipinski definition) is 0. The maximum atomic E-state index is 12.5. The Balaban J connectivity index is 2.26. The van der Waals surface area contributed by atoms with Crippen LogP contribution in [0.4, 0.5) is 0 Å². The summed E-state index contributed by atoms with van der Waals surface area (Å²) in [6.45, 7) is 1.90. The van der Waals surface area contributed by atoms with Gasteiger partial charge in [0.2, 0.25) is 10.0 Å². The second kappa shape index (κ2) is 6.17. The van der Waals surface area contributed by atoms with E-state index in [9.17, 15) is 8.42 Å². The Morgan fingerprint density at radius 1 is 1.38 bits per heavy atom. The molecule has 0 saturated carbocycles. The molecule has 8 heteroatoms. The number of halogens is 1.